The lowest BCUT2D eigenvalue weighted by Gasteiger charge is -2.60. The van der Waals surface area contributed by atoms with Gasteiger partial charge in [0.25, 0.3) is 0 Å². The first-order valence-corrected chi connectivity index (χ1v) is 18.5. The molecule has 4 rings (SSSR count). The van der Waals surface area contributed by atoms with E-state index in [-0.39, 0.29) is 11.5 Å². The molecule has 0 amide bonds. The second kappa shape index (κ2) is 9.20. The molecule has 0 aromatic carbocycles. The van der Waals surface area contributed by atoms with E-state index in [1.54, 1.807) is 5.57 Å². The van der Waals surface area contributed by atoms with Crippen molar-refractivity contribution in [2.24, 2.45) is 39.9 Å². The highest BCUT2D eigenvalue weighted by molar-refractivity contribution is 6.76. The van der Waals surface area contributed by atoms with E-state index in [0.717, 1.165) is 24.2 Å². The molecule has 0 aromatic heterocycles. The van der Waals surface area contributed by atoms with Gasteiger partial charge in [0.05, 0.1) is 6.10 Å². The van der Waals surface area contributed by atoms with Gasteiger partial charge in [0.2, 0.25) is 0 Å². The maximum Gasteiger partial charge on any atom is 0.0594 e. The predicted molar refractivity (Wildman–Crippen MR) is 151 cm³/mol. The Labute approximate surface area is 213 Å². The van der Waals surface area contributed by atoms with E-state index in [0.29, 0.717) is 16.7 Å². The minimum absolute atomic E-state index is 0.0557. The van der Waals surface area contributed by atoms with Crippen molar-refractivity contribution in [3.05, 3.63) is 22.8 Å². The summed E-state index contributed by atoms with van der Waals surface area (Å²) in [5.41, 5.74) is 6.31. The van der Waals surface area contributed by atoms with E-state index in [9.17, 15) is 5.11 Å². The second-order valence-electron chi connectivity index (χ2n) is 15.5. The van der Waals surface area contributed by atoms with Crippen molar-refractivity contribution in [1.82, 2.24) is 0 Å². The number of hydrogen-bond donors (Lipinski definition) is 1. The maximum absolute atomic E-state index is 10.8. The molecule has 0 heterocycles. The minimum Gasteiger partial charge on any atom is -0.393 e. The Hall–Kier alpha value is -0.343. The van der Waals surface area contributed by atoms with Crippen LogP contribution in [0.1, 0.15) is 106 Å². The molecule has 4 aliphatic carbocycles. The van der Waals surface area contributed by atoms with Crippen LogP contribution in [0.25, 0.3) is 0 Å². The topological polar surface area (TPSA) is 20.2 Å². The third-order valence-electron chi connectivity index (χ3n) is 11.6. The number of fused-ring (bicyclic) bond motifs is 4. The Balaban J connectivity index is 1.49. The van der Waals surface area contributed by atoms with E-state index in [1.165, 1.54) is 63.8 Å². The lowest BCUT2D eigenvalue weighted by molar-refractivity contribution is -0.0931. The van der Waals surface area contributed by atoms with Crippen molar-refractivity contribution in [3.8, 4) is 0 Å². The highest BCUT2D eigenvalue weighted by Gasteiger charge is 2.59. The Kier molecular flexibility index (Phi) is 7.22. The lowest BCUT2D eigenvalue weighted by Crippen LogP contribution is -2.53. The smallest absolute Gasteiger partial charge is 0.0594 e. The molecule has 2 heteroatoms. The fourth-order valence-corrected chi connectivity index (χ4v) is 11.8. The zero-order chi connectivity index (χ0) is 25.1. The molecule has 0 bridgehead atoms. The van der Waals surface area contributed by atoms with Gasteiger partial charge < -0.3 is 5.11 Å². The highest BCUT2D eigenvalue weighted by Crippen LogP contribution is 2.68. The fourth-order valence-electron chi connectivity index (χ4n) is 9.96. The van der Waals surface area contributed by atoms with Crippen LogP contribution in [0.15, 0.2) is 22.8 Å². The summed E-state index contributed by atoms with van der Waals surface area (Å²) < 4.78 is 0. The molecule has 1 N–H and O–H groups in total. The van der Waals surface area contributed by atoms with Crippen molar-refractivity contribution < 1.29 is 5.11 Å². The molecule has 2 saturated carbocycles. The summed E-state index contributed by atoms with van der Waals surface area (Å²) in [6, 6.07) is 1.36. The minimum atomic E-state index is -0.994. The molecule has 0 spiro atoms. The highest BCUT2D eigenvalue weighted by atomic mass is 28.3. The van der Waals surface area contributed by atoms with E-state index < -0.39 is 8.07 Å². The summed E-state index contributed by atoms with van der Waals surface area (Å²) in [6.07, 6.45) is 15.5. The van der Waals surface area contributed by atoms with Gasteiger partial charge in [0.1, 0.15) is 0 Å². The lowest BCUT2D eigenvalue weighted by atomic mass is 9.46. The number of allylic oxidation sites excluding steroid dienone is 4. The van der Waals surface area contributed by atoms with Gasteiger partial charge in [-0.2, -0.15) is 0 Å². The number of hydrogen-bond acceptors (Lipinski definition) is 1. The molecule has 2 fully saturated rings. The summed E-state index contributed by atoms with van der Waals surface area (Å²) in [4.78, 5) is 0. The van der Waals surface area contributed by atoms with Crippen molar-refractivity contribution in [3.63, 3.8) is 0 Å². The fraction of sp³-hybridized carbons (Fsp3) is 0.875. The number of aliphatic hydroxyl groups excluding tert-OH is 1. The van der Waals surface area contributed by atoms with E-state index in [1.807, 2.05) is 11.1 Å². The Morgan fingerprint density at radius 3 is 2.41 bits per heavy atom. The number of aliphatic hydroxyl groups is 1. The molecule has 0 aliphatic heterocycles. The molecule has 0 radical (unpaired) electrons. The first-order chi connectivity index (χ1) is 15.7. The molecule has 194 valence electrons. The molecule has 7 atom stereocenters. The van der Waals surface area contributed by atoms with Gasteiger partial charge in [-0.25, -0.2) is 0 Å². The quantitative estimate of drug-likeness (QED) is 0.294. The van der Waals surface area contributed by atoms with Crippen LogP contribution in [-0.4, -0.2) is 19.3 Å². The van der Waals surface area contributed by atoms with Crippen LogP contribution in [0.5, 0.6) is 0 Å². The third-order valence-corrected chi connectivity index (χ3v) is 13.2. The molecule has 0 saturated heterocycles. The third kappa shape index (κ3) is 4.57. The van der Waals surface area contributed by atoms with Crippen molar-refractivity contribution in [2.75, 3.05) is 0 Å². The predicted octanol–water partition coefficient (Wildman–Crippen LogP) is 9.41. The number of rotatable bonds is 6. The summed E-state index contributed by atoms with van der Waals surface area (Å²) >= 11 is 0. The molecular weight excluding hydrogens is 428 g/mol. The SMILES string of the molecule is CC(=CCC[C@@H](C)[C@H]1CC[C@H]2C3=C(CC[C@]12C)[C@@]1(C)CC[C@H](O)C(C)(C)[C@@H]1CC3)C[Si](C)(C)C. The van der Waals surface area contributed by atoms with E-state index in [4.69, 9.17) is 0 Å². The molecule has 34 heavy (non-hydrogen) atoms. The second-order valence-corrected chi connectivity index (χ2v) is 20.9. The van der Waals surface area contributed by atoms with Gasteiger partial charge in [-0.1, -0.05) is 77.1 Å². The average Bonchev–Trinajstić information content (AvgIpc) is 3.07. The first kappa shape index (κ1) is 26.7. The van der Waals surface area contributed by atoms with Gasteiger partial charge >= 0.3 is 0 Å². The van der Waals surface area contributed by atoms with E-state index >= 15 is 0 Å². The van der Waals surface area contributed by atoms with Gasteiger partial charge in [-0.05, 0) is 117 Å². The summed E-state index contributed by atoms with van der Waals surface area (Å²) in [5.74, 6) is 3.21. The van der Waals surface area contributed by atoms with Crippen LogP contribution in [0, 0.1) is 39.9 Å². The van der Waals surface area contributed by atoms with Crippen molar-refractivity contribution in [1.29, 1.82) is 0 Å². The zero-order valence-electron chi connectivity index (χ0n) is 24.2. The Bertz CT molecular complexity index is 828. The van der Waals surface area contributed by atoms with Crippen LogP contribution >= 0.6 is 0 Å². The van der Waals surface area contributed by atoms with Crippen LogP contribution in [0.4, 0.5) is 0 Å². The average molecular weight is 485 g/mol. The standard InChI is InChI=1S/C32H56OSi/c1-22(21-34(7,8)9)11-10-12-23(2)25-14-15-26-24-13-16-28-30(3,4)29(33)18-20-32(28,6)27(24)17-19-31(25,26)5/h11,23,25-26,28-29,33H,10,12-21H2,1-9H3/t23-,25-,26+,28+,29+,31-,32-/m1/s1. The van der Waals surface area contributed by atoms with Crippen LogP contribution < -0.4 is 0 Å². The van der Waals surface area contributed by atoms with Crippen LogP contribution in [0.2, 0.25) is 25.7 Å². The summed E-state index contributed by atoms with van der Waals surface area (Å²) in [5, 5.41) is 10.8. The molecule has 4 aliphatic rings. The maximum atomic E-state index is 10.8. The molecular formula is C32H56OSi. The van der Waals surface area contributed by atoms with Gasteiger partial charge in [-0.15, -0.1) is 0 Å². The molecule has 1 nitrogen and oxygen atoms in total. The Morgan fingerprint density at radius 1 is 1.03 bits per heavy atom. The molecule has 0 unspecified atom stereocenters. The monoisotopic (exact) mass is 484 g/mol. The van der Waals surface area contributed by atoms with Crippen LogP contribution in [-0.2, 0) is 0 Å². The summed E-state index contributed by atoms with van der Waals surface area (Å²) in [7, 11) is -0.994. The molecule has 0 aromatic rings. The van der Waals surface area contributed by atoms with Crippen molar-refractivity contribution in [2.45, 2.75) is 138 Å². The largest absolute Gasteiger partial charge is 0.393 e. The van der Waals surface area contributed by atoms with Gasteiger partial charge in [-0.3, -0.25) is 0 Å². The van der Waals surface area contributed by atoms with Crippen molar-refractivity contribution >= 4 is 8.07 Å². The van der Waals surface area contributed by atoms with Gasteiger partial charge in [0, 0.05) is 8.07 Å². The van der Waals surface area contributed by atoms with E-state index in [2.05, 4.69) is 67.3 Å². The van der Waals surface area contributed by atoms with Gasteiger partial charge in [0.15, 0.2) is 0 Å². The zero-order valence-corrected chi connectivity index (χ0v) is 25.2. The van der Waals surface area contributed by atoms with Crippen LogP contribution in [0.3, 0.4) is 0 Å². The normalized spacial score (nSPS) is 41.1. The Morgan fingerprint density at radius 2 is 1.74 bits per heavy atom. The first-order valence-electron chi connectivity index (χ1n) is 14.8. The summed E-state index contributed by atoms with van der Waals surface area (Å²) in [6.45, 7) is 22.4.